The first-order valence-electron chi connectivity index (χ1n) is 26.9. The fourth-order valence-corrected chi connectivity index (χ4v) is 11.7. The monoisotopic (exact) mass is 1020 g/mol. The zero-order valence-corrected chi connectivity index (χ0v) is 45.2. The number of pyridine rings is 1. The van der Waals surface area contributed by atoms with Gasteiger partial charge in [0, 0.05) is 94.3 Å². The van der Waals surface area contributed by atoms with Crippen molar-refractivity contribution in [1.82, 2.24) is 35.1 Å². The molecular weight excluding hydrogens is 949 g/mol. The van der Waals surface area contributed by atoms with Crippen LogP contribution in [0.5, 0.6) is 5.75 Å². The highest BCUT2D eigenvalue weighted by Crippen LogP contribution is 2.43. The molecule has 3 N–H and O–H groups in total. The van der Waals surface area contributed by atoms with Gasteiger partial charge in [-0.3, -0.25) is 29.2 Å². The number of carbonyl (C=O) groups is 4. The van der Waals surface area contributed by atoms with Crippen LogP contribution in [0, 0.1) is 11.3 Å². The van der Waals surface area contributed by atoms with Gasteiger partial charge in [-0.1, -0.05) is 70.2 Å². The third kappa shape index (κ3) is 11.3. The zero-order chi connectivity index (χ0) is 53.3. The van der Waals surface area contributed by atoms with E-state index in [4.69, 9.17) is 19.2 Å². The first-order valence-corrected chi connectivity index (χ1v) is 26.9. The molecule has 6 heterocycles. The summed E-state index contributed by atoms with van der Waals surface area (Å²) in [5.41, 5.74) is 11.8. The molecule has 3 saturated heterocycles. The molecule has 9 rings (SSSR count). The van der Waals surface area contributed by atoms with E-state index in [1.807, 2.05) is 63.4 Å². The molecule has 16 nitrogen and oxygen atoms in total. The van der Waals surface area contributed by atoms with Crippen molar-refractivity contribution in [3.8, 4) is 28.1 Å². The van der Waals surface area contributed by atoms with Gasteiger partial charge in [-0.2, -0.15) is 0 Å². The number of nitrogens with zero attached hydrogens (tertiary/aromatic N) is 6. The molecule has 6 atom stereocenters. The molecule has 5 aromatic rings. The highest BCUT2D eigenvalue weighted by atomic mass is 16.5. The van der Waals surface area contributed by atoms with E-state index in [0.717, 1.165) is 82.0 Å². The van der Waals surface area contributed by atoms with Crippen LogP contribution in [0.25, 0.3) is 33.3 Å². The van der Waals surface area contributed by atoms with Crippen molar-refractivity contribution in [2.45, 2.75) is 116 Å². The third-order valence-corrected chi connectivity index (χ3v) is 15.8. The van der Waals surface area contributed by atoms with E-state index in [1.54, 1.807) is 26.3 Å². The van der Waals surface area contributed by atoms with E-state index in [0.29, 0.717) is 44.4 Å². The Bertz CT molecular complexity index is 2900. The number of esters is 1. The van der Waals surface area contributed by atoms with Gasteiger partial charge in [0.2, 0.25) is 5.91 Å². The number of methoxy groups -OCH3 is 1. The van der Waals surface area contributed by atoms with Crippen LogP contribution in [-0.2, 0) is 52.8 Å². The summed E-state index contributed by atoms with van der Waals surface area (Å²) in [6.45, 7) is 17.2. The van der Waals surface area contributed by atoms with E-state index < -0.39 is 47.4 Å². The number of phenolic OH excluding ortho intramolecular Hbond substituents is 1. The molecule has 16 heteroatoms. The lowest BCUT2D eigenvalue weighted by atomic mass is 9.84. The minimum atomic E-state index is -1.16. The molecule has 75 heavy (non-hydrogen) atoms. The average Bonchev–Trinajstić information content (AvgIpc) is 4.03. The van der Waals surface area contributed by atoms with Gasteiger partial charge in [-0.05, 0) is 111 Å². The molecule has 3 aromatic carbocycles. The summed E-state index contributed by atoms with van der Waals surface area (Å²) in [4.78, 5) is 69.6. The second-order valence-electron chi connectivity index (χ2n) is 22.2. The summed E-state index contributed by atoms with van der Waals surface area (Å²) in [5, 5.41) is 17.0. The molecular formula is C59H76N8O8. The smallest absolute Gasteiger partial charge is 0.324 e. The van der Waals surface area contributed by atoms with Gasteiger partial charge >= 0.3 is 5.97 Å². The fraction of sp³-hybridized carbons (Fsp3) is 0.508. The van der Waals surface area contributed by atoms with E-state index in [2.05, 4.69) is 77.2 Å². The SMILES string of the molecule is CCn1c(-c2cc(N3CCN(C)CC3)cnc2[C@H](C)OC)c2c3cc(ccc31)-c1cc(O)cc(c1)C[C@H](NC(=O)C(C(C)C)N(C)C(=O)[C@@H]1OCC[C@@H]1c1ccccc1)C(=O)N1CCC[C@H](N1)C(=O)OCC(C)(C)C2. The Morgan fingerprint density at radius 2 is 1.73 bits per heavy atom. The number of piperazine rings is 1. The standard InChI is InChI=1S/C59H76N8O8/c1-10-66-50-19-18-40-31-45(50)47(53(66)46-32-42(34-60-51(46)37(4)73-9)65-24-22-63(7)23-25-65)33-59(5,6)35-75-58(72)48-17-14-21-67(62-48)56(70)49(29-38-27-41(40)30-43(68)28-38)61-55(69)52(36(2)3)64(8)57(71)54-44(20-26-74-54)39-15-12-11-13-16-39/h11-13,15-16,18-19,27-28,30-32,34,36-37,44,48-49,52,54,62,68H,10,14,17,20-26,29,33,35H2,1-9H3,(H,61,69)/t37-,44+,48-,49-,52?,54+/m0/s1. The molecule has 0 aliphatic carbocycles. The van der Waals surface area contributed by atoms with Crippen molar-refractivity contribution < 1.29 is 38.5 Å². The number of hydrazine groups is 1. The molecule has 0 radical (unpaired) electrons. The molecule has 3 amide bonds. The lowest BCUT2D eigenvalue weighted by Gasteiger charge is -2.37. The van der Waals surface area contributed by atoms with E-state index in [-0.39, 0.29) is 49.2 Å². The van der Waals surface area contributed by atoms with Crippen LogP contribution in [0.3, 0.4) is 0 Å². The molecule has 0 saturated carbocycles. The maximum absolute atomic E-state index is 14.9. The number of aryl methyl sites for hydroxylation is 1. The normalized spacial score (nSPS) is 22.4. The predicted molar refractivity (Wildman–Crippen MR) is 290 cm³/mol. The summed E-state index contributed by atoms with van der Waals surface area (Å²) in [5.74, 6) is -2.26. The maximum Gasteiger partial charge on any atom is 0.324 e. The molecule has 6 bridgehead atoms. The number of hydrogen-bond donors (Lipinski definition) is 3. The summed E-state index contributed by atoms with van der Waals surface area (Å²) in [6.07, 6.45) is 3.05. The Balaban J connectivity index is 1.12. The van der Waals surface area contributed by atoms with Gasteiger partial charge in [-0.25, -0.2) is 5.43 Å². The summed E-state index contributed by atoms with van der Waals surface area (Å²) in [7, 11) is 5.48. The van der Waals surface area contributed by atoms with Crippen LogP contribution in [0.1, 0.15) is 95.2 Å². The van der Waals surface area contributed by atoms with Gasteiger partial charge in [-0.15, -0.1) is 0 Å². The second kappa shape index (κ2) is 22.5. The minimum absolute atomic E-state index is 0.00128. The Hall–Kier alpha value is -6.33. The highest BCUT2D eigenvalue weighted by molar-refractivity contribution is 5.96. The molecule has 0 spiro atoms. The molecule has 4 aliphatic rings. The highest BCUT2D eigenvalue weighted by Gasteiger charge is 2.42. The number of phenols is 1. The number of fused-ring (bicyclic) bond motifs is 6. The van der Waals surface area contributed by atoms with Crippen LogP contribution in [0.15, 0.2) is 79.0 Å². The number of aromatic nitrogens is 2. The number of rotatable bonds is 11. The molecule has 4 aliphatic heterocycles. The number of cyclic esters (lactones) is 1. The van der Waals surface area contributed by atoms with Crippen molar-refractivity contribution in [1.29, 1.82) is 0 Å². The van der Waals surface area contributed by atoms with Gasteiger partial charge in [0.1, 0.15) is 30.0 Å². The van der Waals surface area contributed by atoms with Crippen molar-refractivity contribution in [3.05, 3.63) is 101 Å². The number of aromatic hydroxyl groups is 1. The summed E-state index contributed by atoms with van der Waals surface area (Å²) < 4.78 is 20.6. The number of carbonyl (C=O) groups excluding carboxylic acids is 4. The van der Waals surface area contributed by atoms with Crippen LogP contribution in [0.4, 0.5) is 5.69 Å². The first kappa shape index (κ1) is 53.5. The van der Waals surface area contributed by atoms with Gasteiger partial charge < -0.3 is 43.9 Å². The van der Waals surface area contributed by atoms with Crippen LogP contribution < -0.4 is 15.6 Å². The summed E-state index contributed by atoms with van der Waals surface area (Å²) >= 11 is 0. The molecule has 1 unspecified atom stereocenters. The molecule has 2 aromatic heterocycles. The molecule has 400 valence electrons. The van der Waals surface area contributed by atoms with Gasteiger partial charge in [0.25, 0.3) is 11.8 Å². The number of likely N-dealkylation sites (N-methyl/N-ethyl adjacent to an activating group) is 2. The lowest BCUT2D eigenvalue weighted by molar-refractivity contribution is -0.155. The van der Waals surface area contributed by atoms with Crippen molar-refractivity contribution in [3.63, 3.8) is 0 Å². The van der Waals surface area contributed by atoms with Crippen LogP contribution in [0.2, 0.25) is 0 Å². The maximum atomic E-state index is 14.9. The topological polar surface area (TPSA) is 171 Å². The largest absolute Gasteiger partial charge is 0.508 e. The van der Waals surface area contributed by atoms with Crippen molar-refractivity contribution in [2.24, 2.45) is 11.3 Å². The van der Waals surface area contributed by atoms with Crippen molar-refractivity contribution in [2.75, 3.05) is 72.0 Å². The quantitative estimate of drug-likeness (QED) is 0.113. The van der Waals surface area contributed by atoms with E-state index in [1.165, 1.54) is 9.91 Å². The first-order chi connectivity index (χ1) is 35.9. The number of benzene rings is 3. The van der Waals surface area contributed by atoms with Crippen LogP contribution in [-0.4, -0.2) is 145 Å². The Morgan fingerprint density at radius 3 is 2.45 bits per heavy atom. The second-order valence-corrected chi connectivity index (χ2v) is 22.2. The van der Waals surface area contributed by atoms with Gasteiger partial charge in [0.15, 0.2) is 0 Å². The minimum Gasteiger partial charge on any atom is -0.508 e. The zero-order valence-electron chi connectivity index (χ0n) is 45.2. The average molecular weight is 1030 g/mol. The van der Waals surface area contributed by atoms with E-state index >= 15 is 0 Å². The number of nitrogens with one attached hydrogen (secondary N) is 2. The number of anilines is 1. The fourth-order valence-electron chi connectivity index (χ4n) is 11.7. The number of ether oxygens (including phenoxy) is 3. The summed E-state index contributed by atoms with van der Waals surface area (Å²) in [6, 6.07) is 20.8. The van der Waals surface area contributed by atoms with E-state index in [9.17, 15) is 24.3 Å². The predicted octanol–water partition coefficient (Wildman–Crippen LogP) is 7.26. The van der Waals surface area contributed by atoms with Crippen molar-refractivity contribution >= 4 is 40.3 Å². The number of amides is 3. The van der Waals surface area contributed by atoms with Gasteiger partial charge in [0.05, 0.1) is 36.0 Å². The Morgan fingerprint density at radius 1 is 0.973 bits per heavy atom. The lowest BCUT2D eigenvalue weighted by Crippen LogP contribution is -2.62. The molecule has 3 fully saturated rings. The van der Waals surface area contributed by atoms with Crippen LogP contribution >= 0.6 is 0 Å². The Labute approximate surface area is 441 Å². The third-order valence-electron chi connectivity index (χ3n) is 15.8. The number of hydrogen-bond acceptors (Lipinski definition) is 12. The Kier molecular flexibility index (Phi) is 16.0.